The SMILES string of the molecule is Cc1ccc(/C=C/C(=O)OCC(=O)c2ccc3c(c2)OCCO3)o1. The zero-order chi connectivity index (χ0) is 16.9. The van der Waals surface area contributed by atoms with Gasteiger partial charge in [0.25, 0.3) is 0 Å². The van der Waals surface area contributed by atoms with Gasteiger partial charge in [0.1, 0.15) is 24.7 Å². The molecule has 124 valence electrons. The van der Waals surface area contributed by atoms with E-state index in [2.05, 4.69) is 0 Å². The summed E-state index contributed by atoms with van der Waals surface area (Å²) in [6.07, 6.45) is 2.71. The number of aryl methyl sites for hydroxylation is 1. The fraction of sp³-hybridized carbons (Fsp3) is 0.222. The molecule has 24 heavy (non-hydrogen) atoms. The van der Waals surface area contributed by atoms with Crippen LogP contribution in [-0.4, -0.2) is 31.6 Å². The van der Waals surface area contributed by atoms with E-state index in [4.69, 9.17) is 18.6 Å². The number of rotatable bonds is 5. The zero-order valence-corrected chi connectivity index (χ0v) is 13.1. The Kier molecular flexibility index (Phi) is 4.65. The van der Waals surface area contributed by atoms with Crippen molar-refractivity contribution < 1.29 is 28.2 Å². The van der Waals surface area contributed by atoms with Gasteiger partial charge in [0.05, 0.1) is 0 Å². The Morgan fingerprint density at radius 2 is 1.92 bits per heavy atom. The Balaban J connectivity index is 1.55. The number of benzene rings is 1. The molecule has 6 nitrogen and oxygen atoms in total. The lowest BCUT2D eigenvalue weighted by atomic mass is 10.1. The highest BCUT2D eigenvalue weighted by Gasteiger charge is 2.15. The second-order valence-electron chi connectivity index (χ2n) is 5.17. The fourth-order valence-corrected chi connectivity index (χ4v) is 2.18. The number of carbonyl (C=O) groups is 2. The van der Waals surface area contributed by atoms with Crippen molar-refractivity contribution in [2.24, 2.45) is 0 Å². The van der Waals surface area contributed by atoms with E-state index in [1.807, 2.05) is 6.92 Å². The second kappa shape index (κ2) is 7.04. The maximum Gasteiger partial charge on any atom is 0.331 e. The summed E-state index contributed by atoms with van der Waals surface area (Å²) in [7, 11) is 0. The number of ether oxygens (including phenoxy) is 3. The van der Waals surface area contributed by atoms with Crippen LogP contribution in [0.2, 0.25) is 0 Å². The first-order chi connectivity index (χ1) is 11.6. The molecule has 0 radical (unpaired) electrons. The molecule has 0 unspecified atom stereocenters. The van der Waals surface area contributed by atoms with Gasteiger partial charge in [0, 0.05) is 11.6 Å². The number of ketones is 1. The second-order valence-corrected chi connectivity index (χ2v) is 5.17. The van der Waals surface area contributed by atoms with Crippen LogP contribution in [0, 0.1) is 6.92 Å². The van der Waals surface area contributed by atoms with Crippen LogP contribution in [0.15, 0.2) is 40.8 Å². The average Bonchev–Trinajstić information content (AvgIpc) is 3.02. The van der Waals surface area contributed by atoms with E-state index >= 15 is 0 Å². The van der Waals surface area contributed by atoms with E-state index in [1.54, 1.807) is 30.3 Å². The maximum atomic E-state index is 12.1. The van der Waals surface area contributed by atoms with Crippen LogP contribution >= 0.6 is 0 Å². The highest BCUT2D eigenvalue weighted by molar-refractivity contribution is 5.99. The third-order valence-corrected chi connectivity index (χ3v) is 3.35. The first-order valence-corrected chi connectivity index (χ1v) is 7.46. The van der Waals surface area contributed by atoms with E-state index in [1.165, 1.54) is 12.2 Å². The molecular weight excluding hydrogens is 312 g/mol. The van der Waals surface area contributed by atoms with Crippen molar-refractivity contribution in [2.45, 2.75) is 6.92 Å². The Bertz CT molecular complexity index is 787. The van der Waals surface area contributed by atoms with Gasteiger partial charge < -0.3 is 18.6 Å². The molecule has 0 saturated heterocycles. The van der Waals surface area contributed by atoms with E-state index in [-0.39, 0.29) is 12.4 Å². The van der Waals surface area contributed by atoms with Gasteiger partial charge in [-0.15, -0.1) is 0 Å². The standard InChI is InChI=1S/C18H16O6/c1-12-2-4-14(24-12)5-7-18(20)23-11-15(19)13-3-6-16-17(10-13)22-9-8-21-16/h2-7,10H,8-9,11H2,1H3/b7-5+. The third kappa shape index (κ3) is 3.84. The molecule has 6 heteroatoms. The molecule has 0 aliphatic carbocycles. The number of Topliss-reactive ketones (excluding diaryl/α,β-unsaturated/α-hetero) is 1. The third-order valence-electron chi connectivity index (χ3n) is 3.35. The van der Waals surface area contributed by atoms with Crippen LogP contribution in [-0.2, 0) is 9.53 Å². The van der Waals surface area contributed by atoms with E-state index in [0.29, 0.717) is 36.0 Å². The highest BCUT2D eigenvalue weighted by Crippen LogP contribution is 2.30. The fourth-order valence-electron chi connectivity index (χ4n) is 2.18. The summed E-state index contributed by atoms with van der Waals surface area (Å²) in [4.78, 5) is 23.7. The summed E-state index contributed by atoms with van der Waals surface area (Å²) < 4.78 is 21.1. The maximum absolute atomic E-state index is 12.1. The smallest absolute Gasteiger partial charge is 0.331 e. The number of carbonyl (C=O) groups excluding carboxylic acids is 2. The van der Waals surface area contributed by atoms with Crippen LogP contribution < -0.4 is 9.47 Å². The molecule has 2 heterocycles. The van der Waals surface area contributed by atoms with Crippen LogP contribution in [0.1, 0.15) is 21.9 Å². The van der Waals surface area contributed by atoms with Gasteiger partial charge in [-0.2, -0.15) is 0 Å². The van der Waals surface area contributed by atoms with Crippen molar-refractivity contribution in [3.63, 3.8) is 0 Å². The number of esters is 1. The first-order valence-electron chi connectivity index (χ1n) is 7.46. The van der Waals surface area contributed by atoms with Gasteiger partial charge in [-0.25, -0.2) is 4.79 Å². The summed E-state index contributed by atoms with van der Waals surface area (Å²) in [6, 6.07) is 8.40. The molecule has 0 N–H and O–H groups in total. The minimum absolute atomic E-state index is 0.317. The molecule has 0 fully saturated rings. The minimum atomic E-state index is -0.616. The van der Waals surface area contributed by atoms with Crippen molar-refractivity contribution >= 4 is 17.8 Å². The summed E-state index contributed by atoms with van der Waals surface area (Å²) >= 11 is 0. The topological polar surface area (TPSA) is 75.0 Å². The zero-order valence-electron chi connectivity index (χ0n) is 13.1. The first kappa shape index (κ1) is 15.9. The number of hydrogen-bond donors (Lipinski definition) is 0. The molecule has 0 spiro atoms. The van der Waals surface area contributed by atoms with Crippen LogP contribution in [0.3, 0.4) is 0 Å². The summed E-state index contributed by atoms with van der Waals surface area (Å²) in [5.74, 6) is 1.48. The van der Waals surface area contributed by atoms with E-state index < -0.39 is 5.97 Å². The van der Waals surface area contributed by atoms with Crippen LogP contribution in [0.5, 0.6) is 11.5 Å². The number of furan rings is 1. The molecule has 1 aromatic heterocycles. The van der Waals surface area contributed by atoms with Crippen molar-refractivity contribution in [2.75, 3.05) is 19.8 Å². The largest absolute Gasteiger partial charge is 0.486 e. The normalized spacial score (nSPS) is 13.0. The molecule has 1 aliphatic heterocycles. The molecule has 0 bridgehead atoms. The molecule has 0 saturated carbocycles. The van der Waals surface area contributed by atoms with Gasteiger partial charge in [-0.1, -0.05) is 0 Å². The minimum Gasteiger partial charge on any atom is -0.486 e. The Morgan fingerprint density at radius 3 is 2.67 bits per heavy atom. The molecule has 2 aromatic rings. The number of hydrogen-bond acceptors (Lipinski definition) is 6. The summed E-state index contributed by atoms with van der Waals surface area (Å²) in [5.41, 5.74) is 0.401. The van der Waals surface area contributed by atoms with Crippen molar-refractivity contribution in [3.8, 4) is 11.5 Å². The van der Waals surface area contributed by atoms with Crippen LogP contribution in [0.4, 0.5) is 0 Å². The molecule has 1 aliphatic rings. The van der Waals surface area contributed by atoms with Gasteiger partial charge in [-0.3, -0.25) is 4.79 Å². The monoisotopic (exact) mass is 328 g/mol. The number of fused-ring (bicyclic) bond motifs is 1. The molecule has 1 aromatic carbocycles. The quantitative estimate of drug-likeness (QED) is 0.477. The molecule has 0 atom stereocenters. The summed E-state index contributed by atoms with van der Waals surface area (Å²) in [6.45, 7) is 2.39. The molecule has 3 rings (SSSR count). The summed E-state index contributed by atoms with van der Waals surface area (Å²) in [5, 5.41) is 0. The van der Waals surface area contributed by atoms with Gasteiger partial charge in [-0.05, 0) is 43.3 Å². The molecular formula is C18H16O6. The predicted molar refractivity (Wildman–Crippen MR) is 85.2 cm³/mol. The van der Waals surface area contributed by atoms with Crippen LogP contribution in [0.25, 0.3) is 6.08 Å². The van der Waals surface area contributed by atoms with Crippen molar-refractivity contribution in [1.82, 2.24) is 0 Å². The van der Waals surface area contributed by atoms with E-state index in [0.717, 1.165) is 5.76 Å². The van der Waals surface area contributed by atoms with E-state index in [9.17, 15) is 9.59 Å². The molecule has 0 amide bonds. The predicted octanol–water partition coefficient (Wildman–Crippen LogP) is 2.80. The lowest BCUT2D eigenvalue weighted by molar-refractivity contribution is -0.136. The lowest BCUT2D eigenvalue weighted by Gasteiger charge is -2.18. The Hall–Kier alpha value is -3.02. The van der Waals surface area contributed by atoms with Crippen molar-refractivity contribution in [3.05, 3.63) is 53.5 Å². The average molecular weight is 328 g/mol. The Labute approximate surface area is 138 Å². The highest BCUT2D eigenvalue weighted by atomic mass is 16.6. The van der Waals surface area contributed by atoms with Crippen molar-refractivity contribution in [1.29, 1.82) is 0 Å². The lowest BCUT2D eigenvalue weighted by Crippen LogP contribution is -2.17. The van der Waals surface area contributed by atoms with Gasteiger partial charge >= 0.3 is 5.97 Å². The van der Waals surface area contributed by atoms with Gasteiger partial charge in [0.15, 0.2) is 23.9 Å². The van der Waals surface area contributed by atoms with Gasteiger partial charge in [0.2, 0.25) is 0 Å². The Morgan fingerprint density at radius 1 is 1.12 bits per heavy atom.